The van der Waals surface area contributed by atoms with Gasteiger partial charge >= 0.3 is 0 Å². The third-order valence-electron chi connectivity index (χ3n) is 8.24. The Balaban J connectivity index is 0.915. The molecule has 3 heteroatoms. The third-order valence-corrected chi connectivity index (χ3v) is 10.5. The summed E-state index contributed by atoms with van der Waals surface area (Å²) in [6.45, 7) is 4.30. The average molecular weight is 615 g/mol. The molecule has 0 unspecified atom stereocenters. The summed E-state index contributed by atoms with van der Waals surface area (Å²) in [4.78, 5) is 0. The lowest BCUT2D eigenvalue weighted by atomic mass is 10.1. The van der Waals surface area contributed by atoms with E-state index in [1.54, 1.807) is 0 Å². The van der Waals surface area contributed by atoms with Crippen molar-refractivity contribution in [1.29, 1.82) is 0 Å². The van der Waals surface area contributed by atoms with Gasteiger partial charge in [-0.25, -0.2) is 0 Å². The van der Waals surface area contributed by atoms with Crippen LogP contribution in [0.2, 0.25) is 0 Å². The Hall–Kier alpha value is -4.96. The van der Waals surface area contributed by atoms with Gasteiger partial charge in [0.2, 0.25) is 0 Å². The highest BCUT2D eigenvalue weighted by molar-refractivity contribution is 7.26. The second kappa shape index (κ2) is 11.5. The SMILES string of the molecule is Cc1ccc2c(c1)sc1cc(C=Cc3ccc(Oc4ccc(C=Cc5ccc6c(c5)sc5cc(C)ccc56)cc4)cc3)ccc12. The number of aryl methyl sites for hydroxylation is 2. The van der Waals surface area contributed by atoms with Gasteiger partial charge in [0.05, 0.1) is 0 Å². The van der Waals surface area contributed by atoms with Crippen molar-refractivity contribution >= 4 is 87.3 Å². The van der Waals surface area contributed by atoms with E-state index in [1.165, 1.54) is 62.6 Å². The molecule has 8 rings (SSSR count). The molecule has 0 atom stereocenters. The lowest BCUT2D eigenvalue weighted by Crippen LogP contribution is -1.84. The van der Waals surface area contributed by atoms with Crippen LogP contribution in [0.5, 0.6) is 11.5 Å². The van der Waals surface area contributed by atoms with Crippen LogP contribution >= 0.6 is 22.7 Å². The van der Waals surface area contributed by atoms with Gasteiger partial charge in [-0.1, -0.05) is 97.1 Å². The fraction of sp³-hybridized carbons (Fsp3) is 0.0476. The van der Waals surface area contributed by atoms with Crippen LogP contribution in [0.1, 0.15) is 33.4 Å². The van der Waals surface area contributed by atoms with Gasteiger partial charge in [0.15, 0.2) is 0 Å². The van der Waals surface area contributed by atoms with Crippen molar-refractivity contribution in [2.75, 3.05) is 0 Å². The van der Waals surface area contributed by atoms with Crippen LogP contribution in [0.15, 0.2) is 121 Å². The molecule has 45 heavy (non-hydrogen) atoms. The lowest BCUT2D eigenvalue weighted by molar-refractivity contribution is 0.482. The molecule has 0 fully saturated rings. The number of ether oxygens (including phenoxy) is 1. The zero-order valence-corrected chi connectivity index (χ0v) is 26.7. The Morgan fingerprint density at radius 1 is 0.378 bits per heavy atom. The first-order valence-electron chi connectivity index (χ1n) is 15.1. The van der Waals surface area contributed by atoms with Crippen LogP contribution in [-0.4, -0.2) is 0 Å². The monoisotopic (exact) mass is 614 g/mol. The molecular formula is C42H30OS2. The number of benzene rings is 6. The van der Waals surface area contributed by atoms with Gasteiger partial charge < -0.3 is 4.74 Å². The molecule has 0 radical (unpaired) electrons. The molecule has 2 heterocycles. The molecule has 1 nitrogen and oxygen atoms in total. The van der Waals surface area contributed by atoms with Crippen molar-refractivity contribution in [3.8, 4) is 11.5 Å². The Bertz CT molecular complexity index is 2230. The number of thiophene rings is 2. The fourth-order valence-corrected chi connectivity index (χ4v) is 8.33. The minimum Gasteiger partial charge on any atom is -0.457 e. The Morgan fingerprint density at radius 2 is 0.711 bits per heavy atom. The van der Waals surface area contributed by atoms with E-state index in [0.29, 0.717) is 0 Å². The van der Waals surface area contributed by atoms with Crippen molar-refractivity contribution < 1.29 is 4.74 Å². The number of hydrogen-bond acceptors (Lipinski definition) is 3. The standard InChI is InChI=1S/C42H30OS2/c1-27-3-19-35-37-21-13-31(25-41(37)44-39(35)23-27)7-5-29-9-15-33(16-10-29)43-34-17-11-30(12-18-34)6-8-32-14-22-38-36-20-4-28(2)24-40(36)45-42(38)26-32/h3-26H,1-2H3. The van der Waals surface area contributed by atoms with Crippen molar-refractivity contribution in [1.82, 2.24) is 0 Å². The molecule has 0 saturated heterocycles. The summed E-state index contributed by atoms with van der Waals surface area (Å²) >= 11 is 3.73. The van der Waals surface area contributed by atoms with E-state index in [2.05, 4.69) is 135 Å². The Morgan fingerprint density at radius 3 is 1.13 bits per heavy atom. The van der Waals surface area contributed by atoms with Gasteiger partial charge in [0.25, 0.3) is 0 Å². The quantitative estimate of drug-likeness (QED) is 0.169. The Kier molecular flexibility index (Phi) is 7.06. The first-order valence-corrected chi connectivity index (χ1v) is 16.8. The van der Waals surface area contributed by atoms with Crippen LogP contribution in [0.3, 0.4) is 0 Å². The summed E-state index contributed by atoms with van der Waals surface area (Å²) in [5, 5.41) is 5.35. The number of rotatable bonds is 6. The maximum absolute atomic E-state index is 6.14. The van der Waals surface area contributed by atoms with E-state index in [9.17, 15) is 0 Å². The maximum atomic E-state index is 6.14. The molecule has 0 N–H and O–H groups in total. The van der Waals surface area contributed by atoms with E-state index in [4.69, 9.17) is 4.74 Å². The predicted molar refractivity (Wildman–Crippen MR) is 199 cm³/mol. The molecule has 0 aliphatic rings. The number of fused-ring (bicyclic) bond motifs is 6. The van der Waals surface area contributed by atoms with Crippen LogP contribution in [0.4, 0.5) is 0 Å². The van der Waals surface area contributed by atoms with Crippen molar-refractivity contribution in [2.45, 2.75) is 13.8 Å². The van der Waals surface area contributed by atoms with Crippen LogP contribution in [0, 0.1) is 13.8 Å². The highest BCUT2D eigenvalue weighted by Crippen LogP contribution is 2.36. The molecule has 0 saturated carbocycles. The molecule has 0 spiro atoms. The fourth-order valence-electron chi connectivity index (χ4n) is 5.82. The molecule has 0 amide bonds. The molecule has 6 aromatic carbocycles. The smallest absolute Gasteiger partial charge is 0.127 e. The van der Waals surface area contributed by atoms with E-state index in [-0.39, 0.29) is 0 Å². The van der Waals surface area contributed by atoms with Gasteiger partial charge in [-0.05, 0) is 95.8 Å². The maximum Gasteiger partial charge on any atom is 0.127 e. The molecule has 0 bridgehead atoms. The van der Waals surface area contributed by atoms with Gasteiger partial charge in [0.1, 0.15) is 11.5 Å². The van der Waals surface area contributed by atoms with Crippen molar-refractivity contribution in [2.24, 2.45) is 0 Å². The lowest BCUT2D eigenvalue weighted by Gasteiger charge is -2.06. The normalized spacial score (nSPS) is 12.0. The zero-order chi connectivity index (χ0) is 30.3. The summed E-state index contributed by atoms with van der Waals surface area (Å²) in [5.74, 6) is 1.65. The molecule has 0 aliphatic heterocycles. The molecule has 216 valence electrons. The topological polar surface area (TPSA) is 9.23 Å². The summed E-state index contributed by atoms with van der Waals surface area (Å²) in [5.41, 5.74) is 7.29. The summed E-state index contributed by atoms with van der Waals surface area (Å²) in [6.07, 6.45) is 8.67. The largest absolute Gasteiger partial charge is 0.457 e. The second-order valence-electron chi connectivity index (χ2n) is 11.6. The van der Waals surface area contributed by atoms with E-state index < -0.39 is 0 Å². The van der Waals surface area contributed by atoms with Gasteiger partial charge in [-0.15, -0.1) is 22.7 Å². The average Bonchev–Trinajstić information content (AvgIpc) is 3.60. The summed E-state index contributed by atoms with van der Waals surface area (Å²) in [7, 11) is 0. The van der Waals surface area contributed by atoms with Crippen molar-refractivity contribution in [3.05, 3.63) is 155 Å². The first-order chi connectivity index (χ1) is 22.0. The van der Waals surface area contributed by atoms with Crippen molar-refractivity contribution in [3.63, 3.8) is 0 Å². The van der Waals surface area contributed by atoms with Gasteiger partial charge in [-0.2, -0.15) is 0 Å². The molecule has 0 aliphatic carbocycles. The third kappa shape index (κ3) is 5.69. The minimum atomic E-state index is 0.823. The summed E-state index contributed by atoms with van der Waals surface area (Å²) < 4.78 is 11.5. The highest BCUT2D eigenvalue weighted by Gasteiger charge is 2.07. The van der Waals surface area contributed by atoms with Gasteiger partial charge in [0, 0.05) is 40.3 Å². The van der Waals surface area contributed by atoms with Crippen LogP contribution in [-0.2, 0) is 0 Å². The van der Waals surface area contributed by atoms with Gasteiger partial charge in [-0.3, -0.25) is 0 Å². The first kappa shape index (κ1) is 27.6. The molecule has 2 aromatic heterocycles. The van der Waals surface area contributed by atoms with Crippen LogP contribution < -0.4 is 4.74 Å². The Labute approximate surface area is 271 Å². The number of hydrogen-bond donors (Lipinski definition) is 0. The van der Waals surface area contributed by atoms with E-state index in [0.717, 1.165) is 22.6 Å². The minimum absolute atomic E-state index is 0.823. The van der Waals surface area contributed by atoms with Crippen LogP contribution in [0.25, 0.3) is 64.6 Å². The molecular weight excluding hydrogens is 585 g/mol. The van der Waals surface area contributed by atoms with E-state index >= 15 is 0 Å². The molecule has 8 aromatic rings. The second-order valence-corrected chi connectivity index (χ2v) is 13.8. The predicted octanol–water partition coefficient (Wildman–Crippen LogP) is 13.2. The zero-order valence-electron chi connectivity index (χ0n) is 25.1. The summed E-state index contributed by atoms with van der Waals surface area (Å²) in [6, 6.07) is 43.4. The van der Waals surface area contributed by atoms with E-state index in [1.807, 2.05) is 46.9 Å². The highest BCUT2D eigenvalue weighted by atomic mass is 32.1.